The zero-order valence-corrected chi connectivity index (χ0v) is 14.7. The van der Waals surface area contributed by atoms with E-state index in [2.05, 4.69) is 29.7 Å². The van der Waals surface area contributed by atoms with Crippen LogP contribution in [-0.2, 0) is 10.5 Å². The number of allylic oxidation sites excluding steroid dienone is 3. The van der Waals surface area contributed by atoms with Crippen molar-refractivity contribution >= 4 is 11.6 Å². The van der Waals surface area contributed by atoms with Gasteiger partial charge in [0, 0.05) is 22.5 Å². The third-order valence-electron chi connectivity index (χ3n) is 4.72. The third-order valence-corrected chi connectivity index (χ3v) is 4.72. The number of anilines is 1. The van der Waals surface area contributed by atoms with E-state index in [-0.39, 0.29) is 13.3 Å². The molecule has 1 saturated heterocycles. The fourth-order valence-corrected chi connectivity index (χ4v) is 3.07. The molecule has 27 heavy (non-hydrogen) atoms. The van der Waals surface area contributed by atoms with Gasteiger partial charge in [-0.2, -0.15) is 0 Å². The maximum absolute atomic E-state index is 12.6. The van der Waals surface area contributed by atoms with E-state index in [1.165, 1.54) is 0 Å². The summed E-state index contributed by atoms with van der Waals surface area (Å²) in [6.45, 7) is 2.74. The number of para-hydroxylation sites is 1. The third kappa shape index (κ3) is 4.29. The van der Waals surface area contributed by atoms with E-state index in [1.807, 2.05) is 60.7 Å². The summed E-state index contributed by atoms with van der Waals surface area (Å²) in [5.41, 5.74) is 2.89. The van der Waals surface area contributed by atoms with Gasteiger partial charge in [-0.1, -0.05) is 56.8 Å². The molecule has 1 aliphatic heterocycles. The van der Waals surface area contributed by atoms with Crippen molar-refractivity contribution in [1.29, 1.82) is 0 Å². The predicted molar refractivity (Wildman–Crippen MR) is 109 cm³/mol. The molecule has 140 valence electrons. The van der Waals surface area contributed by atoms with Crippen LogP contribution in [0.3, 0.4) is 0 Å². The van der Waals surface area contributed by atoms with E-state index in [4.69, 9.17) is 4.74 Å². The first-order chi connectivity index (χ1) is 12.6. The number of hydrogen-bond acceptors (Lipinski definition) is 3. The van der Waals surface area contributed by atoms with Gasteiger partial charge in [0.15, 0.2) is 5.72 Å². The van der Waals surface area contributed by atoms with E-state index in [0.29, 0.717) is 18.1 Å². The van der Waals surface area contributed by atoms with Gasteiger partial charge >= 0.3 is 0 Å². The summed E-state index contributed by atoms with van der Waals surface area (Å²) >= 11 is 0. The van der Waals surface area contributed by atoms with Crippen LogP contribution in [0.1, 0.15) is 36.7 Å². The zero-order chi connectivity index (χ0) is 18.0. The topological polar surface area (TPSA) is 53.7 Å². The van der Waals surface area contributed by atoms with Crippen LogP contribution in [0.2, 0.25) is 0 Å². The van der Waals surface area contributed by atoms with Crippen LogP contribution in [0, 0.1) is 5.92 Å². The lowest BCUT2D eigenvalue weighted by atomic mass is 10.0. The molecule has 2 aliphatic rings. The molecule has 0 saturated carbocycles. The SMILES string of the molecule is C.CC1C=CC(NC(=O)c2cccc(C3(Nc4ccccc4)CO3)c2)=CC1. The normalized spacial score (nSPS) is 23.0. The Labute approximate surface area is 160 Å². The summed E-state index contributed by atoms with van der Waals surface area (Å²) < 4.78 is 5.72. The highest BCUT2D eigenvalue weighted by atomic mass is 16.6. The van der Waals surface area contributed by atoms with Crippen LogP contribution < -0.4 is 10.6 Å². The highest BCUT2D eigenvalue weighted by Crippen LogP contribution is 2.39. The van der Waals surface area contributed by atoms with Crippen LogP contribution in [0.15, 0.2) is 78.5 Å². The van der Waals surface area contributed by atoms with E-state index < -0.39 is 5.72 Å². The number of rotatable bonds is 5. The van der Waals surface area contributed by atoms with Gasteiger partial charge < -0.3 is 15.4 Å². The molecule has 2 unspecified atom stereocenters. The Morgan fingerprint density at radius 2 is 1.93 bits per heavy atom. The Kier molecular flexibility index (Phi) is 5.47. The summed E-state index contributed by atoms with van der Waals surface area (Å²) in [5, 5.41) is 6.40. The number of carbonyl (C=O) groups excluding carboxylic acids is 1. The average Bonchev–Trinajstić information content (AvgIpc) is 3.45. The summed E-state index contributed by atoms with van der Waals surface area (Å²) in [4.78, 5) is 12.6. The van der Waals surface area contributed by atoms with E-state index in [0.717, 1.165) is 23.4 Å². The van der Waals surface area contributed by atoms with E-state index in [1.54, 1.807) is 0 Å². The quantitative estimate of drug-likeness (QED) is 0.749. The molecule has 1 heterocycles. The molecule has 4 rings (SSSR count). The van der Waals surface area contributed by atoms with Crippen LogP contribution >= 0.6 is 0 Å². The van der Waals surface area contributed by atoms with Crippen molar-refractivity contribution in [3.8, 4) is 0 Å². The van der Waals surface area contributed by atoms with E-state index in [9.17, 15) is 4.79 Å². The molecule has 1 amide bonds. The van der Waals surface area contributed by atoms with Gasteiger partial charge in [0.2, 0.25) is 0 Å². The fourth-order valence-electron chi connectivity index (χ4n) is 3.07. The lowest BCUT2D eigenvalue weighted by molar-refractivity contribution is 0.0966. The molecular weight excluding hydrogens is 336 g/mol. The van der Waals surface area contributed by atoms with Crippen LogP contribution in [0.25, 0.3) is 0 Å². The van der Waals surface area contributed by atoms with Crippen LogP contribution in [0.4, 0.5) is 5.69 Å². The minimum absolute atomic E-state index is 0. The number of epoxide rings is 1. The number of ether oxygens (including phenoxy) is 1. The minimum Gasteiger partial charge on any atom is -0.352 e. The Hall–Kier alpha value is -2.85. The van der Waals surface area contributed by atoms with Crippen molar-refractivity contribution in [1.82, 2.24) is 5.32 Å². The highest BCUT2D eigenvalue weighted by Gasteiger charge is 2.47. The second kappa shape index (κ2) is 7.80. The maximum atomic E-state index is 12.6. The molecule has 2 atom stereocenters. The average molecular weight is 362 g/mol. The minimum atomic E-state index is -0.545. The van der Waals surface area contributed by atoms with Gasteiger partial charge in [-0.25, -0.2) is 0 Å². The smallest absolute Gasteiger partial charge is 0.255 e. The highest BCUT2D eigenvalue weighted by molar-refractivity contribution is 5.95. The summed E-state index contributed by atoms with van der Waals surface area (Å²) in [6, 6.07) is 17.6. The Morgan fingerprint density at radius 3 is 2.59 bits per heavy atom. The van der Waals surface area contributed by atoms with Gasteiger partial charge in [0.25, 0.3) is 5.91 Å². The molecule has 2 aromatic rings. The molecule has 4 nitrogen and oxygen atoms in total. The standard InChI is InChI=1S/C22H22N2O2.CH4/c1-16-10-12-19(13-11-16)23-21(25)17-6-5-7-18(14-17)22(15-26-22)24-20-8-3-2-4-9-20;/h2-10,12-14,16,24H,11,15H2,1H3,(H,23,25);1H4. The Bertz CT molecular complexity index is 867. The summed E-state index contributed by atoms with van der Waals surface area (Å²) in [5.74, 6) is 0.419. The number of benzene rings is 2. The van der Waals surface area contributed by atoms with Crippen molar-refractivity contribution in [2.24, 2.45) is 5.92 Å². The number of carbonyl (C=O) groups is 1. The number of hydrogen-bond donors (Lipinski definition) is 2. The van der Waals surface area contributed by atoms with Crippen molar-refractivity contribution in [2.75, 3.05) is 11.9 Å². The van der Waals surface area contributed by atoms with Gasteiger partial charge in [-0.15, -0.1) is 0 Å². The lowest BCUT2D eigenvalue weighted by Gasteiger charge is -2.17. The van der Waals surface area contributed by atoms with Gasteiger partial charge in [-0.05, 0) is 42.7 Å². The number of nitrogens with one attached hydrogen (secondary N) is 2. The maximum Gasteiger partial charge on any atom is 0.255 e. The van der Waals surface area contributed by atoms with E-state index >= 15 is 0 Å². The van der Waals surface area contributed by atoms with Crippen molar-refractivity contribution in [2.45, 2.75) is 26.5 Å². The summed E-state index contributed by atoms with van der Waals surface area (Å²) in [6.07, 6.45) is 7.10. The van der Waals surface area contributed by atoms with Crippen molar-refractivity contribution < 1.29 is 9.53 Å². The van der Waals surface area contributed by atoms with Gasteiger partial charge in [0.1, 0.15) is 6.61 Å². The summed E-state index contributed by atoms with van der Waals surface area (Å²) in [7, 11) is 0. The molecule has 2 aromatic carbocycles. The second-order valence-corrected chi connectivity index (χ2v) is 6.87. The monoisotopic (exact) mass is 362 g/mol. The molecule has 1 fully saturated rings. The van der Waals surface area contributed by atoms with Crippen LogP contribution in [-0.4, -0.2) is 12.5 Å². The first-order valence-electron chi connectivity index (χ1n) is 8.92. The molecule has 1 aliphatic carbocycles. The zero-order valence-electron chi connectivity index (χ0n) is 14.7. The molecule has 0 spiro atoms. The Morgan fingerprint density at radius 1 is 1.15 bits per heavy atom. The first kappa shape index (κ1) is 18.9. The first-order valence-corrected chi connectivity index (χ1v) is 8.92. The fraction of sp³-hybridized carbons (Fsp3) is 0.261. The molecule has 4 heteroatoms. The largest absolute Gasteiger partial charge is 0.352 e. The molecular formula is C23H26N2O2. The Balaban J connectivity index is 0.00000210. The molecule has 0 aromatic heterocycles. The van der Waals surface area contributed by atoms with Crippen molar-refractivity contribution in [3.63, 3.8) is 0 Å². The van der Waals surface area contributed by atoms with Crippen LogP contribution in [0.5, 0.6) is 0 Å². The van der Waals surface area contributed by atoms with Gasteiger partial charge in [-0.3, -0.25) is 4.79 Å². The molecule has 0 radical (unpaired) electrons. The van der Waals surface area contributed by atoms with Gasteiger partial charge in [0.05, 0.1) is 0 Å². The number of amides is 1. The van der Waals surface area contributed by atoms with Crippen molar-refractivity contribution in [3.05, 3.63) is 89.6 Å². The molecule has 0 bridgehead atoms. The molecule has 2 N–H and O–H groups in total. The lowest BCUT2D eigenvalue weighted by Crippen LogP contribution is -2.25. The second-order valence-electron chi connectivity index (χ2n) is 6.87. The predicted octanol–water partition coefficient (Wildman–Crippen LogP) is 4.83.